The van der Waals surface area contributed by atoms with Crippen LogP contribution in [0.4, 0.5) is 4.39 Å². The molecule has 0 spiro atoms. The highest BCUT2D eigenvalue weighted by molar-refractivity contribution is 5.17. The van der Waals surface area contributed by atoms with Gasteiger partial charge in [-0.2, -0.15) is 0 Å². The van der Waals surface area contributed by atoms with Crippen LogP contribution in [0, 0.1) is 11.7 Å². The Labute approximate surface area is 104 Å². The van der Waals surface area contributed by atoms with Gasteiger partial charge in [0.2, 0.25) is 0 Å². The van der Waals surface area contributed by atoms with Crippen LogP contribution >= 0.6 is 0 Å². The van der Waals surface area contributed by atoms with Crippen LogP contribution in [-0.4, -0.2) is 12.6 Å². The van der Waals surface area contributed by atoms with Gasteiger partial charge >= 0.3 is 0 Å². The molecule has 0 heterocycles. The summed E-state index contributed by atoms with van der Waals surface area (Å²) < 4.78 is 13.3. The van der Waals surface area contributed by atoms with Gasteiger partial charge in [0.15, 0.2) is 0 Å². The van der Waals surface area contributed by atoms with Crippen molar-refractivity contribution in [2.24, 2.45) is 5.92 Å². The summed E-state index contributed by atoms with van der Waals surface area (Å²) in [5.41, 5.74) is 0.802. The Morgan fingerprint density at radius 3 is 2.47 bits per heavy atom. The van der Waals surface area contributed by atoms with Gasteiger partial charge in [-0.25, -0.2) is 4.39 Å². The van der Waals surface area contributed by atoms with Crippen molar-refractivity contribution in [1.82, 2.24) is 5.32 Å². The first-order valence-electron chi connectivity index (χ1n) is 6.56. The number of hydrogen-bond acceptors (Lipinski definition) is 1. The minimum absolute atomic E-state index is 0.0934. The number of benzene rings is 1. The second-order valence-electron chi connectivity index (χ2n) is 5.17. The van der Waals surface area contributed by atoms with Gasteiger partial charge in [0, 0.05) is 6.04 Å². The zero-order valence-electron chi connectivity index (χ0n) is 11.2. The van der Waals surface area contributed by atoms with E-state index >= 15 is 0 Å². The topological polar surface area (TPSA) is 12.0 Å². The van der Waals surface area contributed by atoms with E-state index in [1.807, 2.05) is 12.1 Å². The average Bonchev–Trinajstić information content (AvgIpc) is 2.29. The third kappa shape index (κ3) is 5.83. The summed E-state index contributed by atoms with van der Waals surface area (Å²) in [6.45, 7) is 7.53. The fourth-order valence-corrected chi connectivity index (χ4v) is 1.84. The van der Waals surface area contributed by atoms with Crippen molar-refractivity contribution in [1.29, 1.82) is 0 Å². The highest BCUT2D eigenvalue weighted by atomic mass is 19.1. The van der Waals surface area contributed by atoms with Crippen LogP contribution in [0.5, 0.6) is 0 Å². The van der Waals surface area contributed by atoms with E-state index in [0.717, 1.165) is 24.4 Å². The lowest BCUT2D eigenvalue weighted by Gasteiger charge is -2.15. The van der Waals surface area contributed by atoms with Crippen LogP contribution < -0.4 is 5.32 Å². The molecular weight excluding hydrogens is 213 g/mol. The minimum Gasteiger partial charge on any atom is -0.314 e. The molecule has 17 heavy (non-hydrogen) atoms. The van der Waals surface area contributed by atoms with Crippen molar-refractivity contribution in [2.75, 3.05) is 6.54 Å². The summed E-state index contributed by atoms with van der Waals surface area (Å²) >= 11 is 0. The highest BCUT2D eigenvalue weighted by Gasteiger charge is 2.04. The molecular formula is C15H24FN. The van der Waals surface area contributed by atoms with Crippen LogP contribution in [-0.2, 0) is 6.42 Å². The Balaban J connectivity index is 2.21. The van der Waals surface area contributed by atoms with E-state index < -0.39 is 0 Å². The summed E-state index contributed by atoms with van der Waals surface area (Å²) in [5, 5.41) is 3.45. The Kier molecular flexibility index (Phi) is 6.20. The predicted molar refractivity (Wildman–Crippen MR) is 71.6 cm³/mol. The lowest BCUT2D eigenvalue weighted by atomic mass is 10.0. The smallest absolute Gasteiger partial charge is 0.126 e. The van der Waals surface area contributed by atoms with Crippen molar-refractivity contribution in [2.45, 2.75) is 46.1 Å². The van der Waals surface area contributed by atoms with Crippen LogP contribution in [0.15, 0.2) is 24.3 Å². The monoisotopic (exact) mass is 237 g/mol. The van der Waals surface area contributed by atoms with Gasteiger partial charge in [0.25, 0.3) is 0 Å². The third-order valence-corrected chi connectivity index (χ3v) is 3.02. The molecule has 96 valence electrons. The van der Waals surface area contributed by atoms with Crippen LogP contribution in [0.2, 0.25) is 0 Å². The van der Waals surface area contributed by atoms with Gasteiger partial charge in [-0.05, 0) is 50.3 Å². The Bertz CT molecular complexity index is 322. The fraction of sp³-hybridized carbons (Fsp3) is 0.600. The fourth-order valence-electron chi connectivity index (χ4n) is 1.84. The van der Waals surface area contributed by atoms with Gasteiger partial charge in [0.1, 0.15) is 5.82 Å². The molecule has 0 saturated heterocycles. The van der Waals surface area contributed by atoms with Gasteiger partial charge in [-0.15, -0.1) is 0 Å². The van der Waals surface area contributed by atoms with Crippen molar-refractivity contribution in [3.63, 3.8) is 0 Å². The molecule has 1 aromatic rings. The van der Waals surface area contributed by atoms with E-state index in [4.69, 9.17) is 0 Å². The maximum Gasteiger partial charge on any atom is 0.126 e. The summed E-state index contributed by atoms with van der Waals surface area (Å²) in [6.07, 6.45) is 3.20. The standard InChI is InChI=1S/C15H24FN/c1-12(2)8-9-13(3)17-11-10-14-6-4-5-7-15(14)16/h4-7,12-13,17H,8-11H2,1-3H3. The molecule has 0 aliphatic rings. The van der Waals surface area contributed by atoms with E-state index in [1.165, 1.54) is 18.9 Å². The molecule has 0 saturated carbocycles. The molecule has 1 N–H and O–H groups in total. The van der Waals surface area contributed by atoms with Crippen molar-refractivity contribution < 1.29 is 4.39 Å². The zero-order chi connectivity index (χ0) is 12.7. The number of hydrogen-bond donors (Lipinski definition) is 1. The molecule has 1 atom stereocenters. The summed E-state index contributed by atoms with van der Waals surface area (Å²) in [6, 6.07) is 7.52. The van der Waals surface area contributed by atoms with E-state index in [0.29, 0.717) is 6.04 Å². The molecule has 1 aromatic carbocycles. The zero-order valence-corrected chi connectivity index (χ0v) is 11.2. The maximum atomic E-state index is 13.3. The molecule has 0 aliphatic carbocycles. The second kappa shape index (κ2) is 7.44. The number of halogens is 1. The molecule has 1 unspecified atom stereocenters. The van der Waals surface area contributed by atoms with Crippen LogP contribution in [0.3, 0.4) is 0 Å². The van der Waals surface area contributed by atoms with Gasteiger partial charge in [-0.1, -0.05) is 32.0 Å². The van der Waals surface area contributed by atoms with Gasteiger partial charge in [0.05, 0.1) is 0 Å². The summed E-state index contributed by atoms with van der Waals surface area (Å²) in [5.74, 6) is 0.662. The SMILES string of the molecule is CC(C)CCC(C)NCCc1ccccc1F. The molecule has 0 fully saturated rings. The first kappa shape index (κ1) is 14.2. The molecule has 0 aromatic heterocycles. The first-order chi connectivity index (χ1) is 8.09. The predicted octanol–water partition coefficient (Wildman–Crippen LogP) is 3.78. The van der Waals surface area contributed by atoms with Crippen molar-refractivity contribution in [3.8, 4) is 0 Å². The molecule has 1 rings (SSSR count). The molecule has 0 bridgehead atoms. The van der Waals surface area contributed by atoms with E-state index in [2.05, 4.69) is 26.1 Å². The summed E-state index contributed by atoms with van der Waals surface area (Å²) in [4.78, 5) is 0. The third-order valence-electron chi connectivity index (χ3n) is 3.02. The Hall–Kier alpha value is -0.890. The molecule has 0 amide bonds. The lowest BCUT2D eigenvalue weighted by Crippen LogP contribution is -2.28. The number of rotatable bonds is 7. The maximum absolute atomic E-state index is 13.3. The second-order valence-corrected chi connectivity index (χ2v) is 5.17. The van der Waals surface area contributed by atoms with Crippen molar-refractivity contribution in [3.05, 3.63) is 35.6 Å². The molecule has 0 aliphatic heterocycles. The Morgan fingerprint density at radius 1 is 1.12 bits per heavy atom. The van der Waals surface area contributed by atoms with E-state index in [9.17, 15) is 4.39 Å². The van der Waals surface area contributed by atoms with Crippen LogP contribution in [0.1, 0.15) is 39.2 Å². The summed E-state index contributed by atoms with van der Waals surface area (Å²) in [7, 11) is 0. The van der Waals surface area contributed by atoms with Gasteiger partial charge < -0.3 is 5.32 Å². The normalized spacial score (nSPS) is 13.0. The quantitative estimate of drug-likeness (QED) is 0.761. The van der Waals surface area contributed by atoms with E-state index in [-0.39, 0.29) is 5.82 Å². The molecule has 1 nitrogen and oxygen atoms in total. The molecule has 2 heteroatoms. The minimum atomic E-state index is -0.0934. The van der Waals surface area contributed by atoms with Crippen molar-refractivity contribution >= 4 is 0 Å². The molecule has 0 radical (unpaired) electrons. The largest absolute Gasteiger partial charge is 0.314 e. The van der Waals surface area contributed by atoms with Crippen LogP contribution in [0.25, 0.3) is 0 Å². The highest BCUT2D eigenvalue weighted by Crippen LogP contribution is 2.08. The first-order valence-corrected chi connectivity index (χ1v) is 6.56. The van der Waals surface area contributed by atoms with E-state index in [1.54, 1.807) is 6.07 Å². The lowest BCUT2D eigenvalue weighted by molar-refractivity contribution is 0.452. The number of nitrogens with one attached hydrogen (secondary N) is 1. The Morgan fingerprint density at radius 2 is 1.82 bits per heavy atom. The van der Waals surface area contributed by atoms with Gasteiger partial charge in [-0.3, -0.25) is 0 Å². The average molecular weight is 237 g/mol.